The Bertz CT molecular complexity index is 1430. The van der Waals surface area contributed by atoms with Crippen LogP contribution in [0, 0.1) is 12.8 Å². The Morgan fingerprint density at radius 3 is 2.29 bits per heavy atom. The maximum Gasteiger partial charge on any atom is 0.266 e. The largest absolute Gasteiger partial charge is 0.497 e. The first-order valence-corrected chi connectivity index (χ1v) is 15.1. The quantitative estimate of drug-likeness (QED) is 0.209. The van der Waals surface area contributed by atoms with E-state index in [0.29, 0.717) is 23.1 Å². The van der Waals surface area contributed by atoms with Crippen molar-refractivity contribution in [3.8, 4) is 35.5 Å². The molecular formula is C34H39ClN2O3S. The molecule has 0 saturated heterocycles. The second-order valence-corrected chi connectivity index (χ2v) is 10.9. The van der Waals surface area contributed by atoms with Gasteiger partial charge in [-0.3, -0.25) is 4.79 Å². The molecule has 0 atom stereocenters. The number of carbonyl (C=O) groups excluding carboxylic acids is 1. The summed E-state index contributed by atoms with van der Waals surface area (Å²) < 4.78 is 12.4. The number of nitrogens with zero attached hydrogens (tertiary/aromatic N) is 1. The third-order valence-electron chi connectivity index (χ3n) is 7.13. The van der Waals surface area contributed by atoms with Crippen LogP contribution < -0.4 is 15.2 Å². The Morgan fingerprint density at radius 2 is 1.66 bits per heavy atom. The van der Waals surface area contributed by atoms with Gasteiger partial charge >= 0.3 is 0 Å². The summed E-state index contributed by atoms with van der Waals surface area (Å²) in [6, 6.07) is 22.4. The minimum Gasteiger partial charge on any atom is -0.497 e. The topological polar surface area (TPSA) is 64.8 Å². The molecule has 0 spiro atoms. The van der Waals surface area contributed by atoms with Crippen molar-refractivity contribution in [2.75, 3.05) is 20.8 Å². The van der Waals surface area contributed by atoms with Gasteiger partial charge in [0.1, 0.15) is 16.4 Å². The number of benzene rings is 3. The third kappa shape index (κ3) is 7.62. The standard InChI is InChI=1S/C31H32ClNO3S.C2H2.CH5N/c1-3-36-27-18-15-22(21-13-16-25(35-2)17-14-21)19-23(27)20-33(24-9-5-4-6-10-24)31(34)30-29(32)26-11-7-8-12-28(26)37-30;2*1-2/h7-8,11-19,24H,3-6,9-10,20H2,1-2H3;1-2H;2H2,1H3. The molecule has 5 nitrogen and oxygen atoms in total. The van der Waals surface area contributed by atoms with E-state index in [1.165, 1.54) is 24.8 Å². The molecule has 1 saturated carbocycles. The minimum atomic E-state index is 0.00963. The van der Waals surface area contributed by atoms with Crippen LogP contribution in [-0.4, -0.2) is 37.6 Å². The molecule has 0 unspecified atom stereocenters. The SMILES string of the molecule is C#C.CCOc1ccc(-c2ccc(OC)cc2)cc1CN(C(=O)c1sc2ccccc2c1Cl)C1CCCCC1.CN. The number of methoxy groups -OCH3 is 1. The number of halogens is 1. The number of hydrogen-bond donors (Lipinski definition) is 1. The van der Waals surface area contributed by atoms with Crippen LogP contribution in [0.25, 0.3) is 21.2 Å². The van der Waals surface area contributed by atoms with Gasteiger partial charge in [0.15, 0.2) is 0 Å². The lowest BCUT2D eigenvalue weighted by molar-refractivity contribution is 0.0617. The van der Waals surface area contributed by atoms with Crippen LogP contribution in [0.1, 0.15) is 54.3 Å². The fourth-order valence-corrected chi connectivity index (χ4v) is 6.66. The summed E-state index contributed by atoms with van der Waals surface area (Å²) in [5.74, 6) is 1.65. The Morgan fingerprint density at radius 1 is 1.00 bits per heavy atom. The summed E-state index contributed by atoms with van der Waals surface area (Å²) in [4.78, 5) is 16.8. The van der Waals surface area contributed by atoms with Crippen molar-refractivity contribution in [3.05, 3.63) is 82.2 Å². The van der Waals surface area contributed by atoms with Crippen LogP contribution in [-0.2, 0) is 6.54 Å². The molecule has 1 aromatic heterocycles. The van der Waals surface area contributed by atoms with E-state index in [9.17, 15) is 4.79 Å². The van der Waals surface area contributed by atoms with Crippen molar-refractivity contribution in [1.29, 1.82) is 0 Å². The van der Waals surface area contributed by atoms with Gasteiger partial charge in [0.05, 0.1) is 18.7 Å². The van der Waals surface area contributed by atoms with Crippen LogP contribution >= 0.6 is 22.9 Å². The van der Waals surface area contributed by atoms with Gasteiger partial charge in [-0.05, 0) is 68.3 Å². The van der Waals surface area contributed by atoms with Crippen molar-refractivity contribution in [3.63, 3.8) is 0 Å². The van der Waals surface area contributed by atoms with Crippen LogP contribution in [0.2, 0.25) is 5.02 Å². The van der Waals surface area contributed by atoms with E-state index in [2.05, 4.69) is 42.8 Å². The van der Waals surface area contributed by atoms with Gasteiger partial charge in [-0.15, -0.1) is 24.2 Å². The van der Waals surface area contributed by atoms with E-state index in [-0.39, 0.29) is 11.9 Å². The first kappa shape index (κ1) is 32.0. The zero-order chi connectivity index (χ0) is 29.8. The maximum atomic E-state index is 14.1. The molecule has 41 heavy (non-hydrogen) atoms. The highest BCUT2D eigenvalue weighted by Crippen LogP contribution is 2.38. The minimum absolute atomic E-state index is 0.00963. The number of rotatable bonds is 8. The zero-order valence-electron chi connectivity index (χ0n) is 24.1. The molecule has 1 aliphatic rings. The summed E-state index contributed by atoms with van der Waals surface area (Å²) in [5, 5.41) is 1.50. The Kier molecular flexibility index (Phi) is 12.6. The number of terminal acetylenes is 1. The molecule has 7 heteroatoms. The maximum absolute atomic E-state index is 14.1. The first-order valence-electron chi connectivity index (χ1n) is 13.9. The molecule has 1 fully saturated rings. The summed E-state index contributed by atoms with van der Waals surface area (Å²) in [5.41, 5.74) is 7.68. The van der Waals surface area contributed by atoms with Gasteiger partial charge in [-0.25, -0.2) is 0 Å². The molecule has 0 radical (unpaired) electrons. The summed E-state index contributed by atoms with van der Waals surface area (Å²) in [7, 11) is 3.17. The normalized spacial score (nSPS) is 12.9. The number of nitrogens with two attached hydrogens (primary N) is 1. The van der Waals surface area contributed by atoms with Crippen molar-refractivity contribution >= 4 is 38.9 Å². The molecule has 2 N–H and O–H groups in total. The third-order valence-corrected chi connectivity index (χ3v) is 8.79. The average Bonchev–Trinajstić information content (AvgIpc) is 3.39. The molecule has 0 aliphatic heterocycles. The van der Waals surface area contributed by atoms with Crippen LogP contribution in [0.5, 0.6) is 11.5 Å². The lowest BCUT2D eigenvalue weighted by atomic mass is 9.93. The predicted molar refractivity (Wildman–Crippen MR) is 173 cm³/mol. The summed E-state index contributed by atoms with van der Waals surface area (Å²) in [6.07, 6.45) is 13.5. The number of carbonyl (C=O) groups is 1. The predicted octanol–water partition coefficient (Wildman–Crippen LogP) is 8.43. The second kappa shape index (κ2) is 16.1. The molecule has 5 rings (SSSR count). The van der Waals surface area contributed by atoms with E-state index in [1.807, 2.05) is 54.3 Å². The van der Waals surface area contributed by atoms with Crippen LogP contribution in [0.15, 0.2) is 66.7 Å². The van der Waals surface area contributed by atoms with Crippen molar-refractivity contribution in [2.24, 2.45) is 5.73 Å². The van der Waals surface area contributed by atoms with Gasteiger partial charge < -0.3 is 20.1 Å². The molecule has 216 valence electrons. The van der Waals surface area contributed by atoms with Gasteiger partial charge in [0.2, 0.25) is 0 Å². The fraction of sp³-hybridized carbons (Fsp3) is 0.324. The average molecular weight is 591 g/mol. The molecule has 3 aromatic carbocycles. The first-order chi connectivity index (χ1) is 20.1. The molecule has 1 amide bonds. The van der Waals surface area contributed by atoms with E-state index >= 15 is 0 Å². The van der Waals surface area contributed by atoms with Gasteiger partial charge in [0, 0.05) is 28.2 Å². The number of thiophene rings is 1. The second-order valence-electron chi connectivity index (χ2n) is 9.45. The Hall–Kier alpha value is -3.50. The summed E-state index contributed by atoms with van der Waals surface area (Å²) in [6.45, 7) is 3.03. The zero-order valence-corrected chi connectivity index (χ0v) is 25.6. The highest BCUT2D eigenvalue weighted by molar-refractivity contribution is 7.21. The lowest BCUT2D eigenvalue weighted by Gasteiger charge is -2.35. The van der Waals surface area contributed by atoms with Gasteiger partial charge in [-0.2, -0.15) is 0 Å². The number of hydrogen-bond acceptors (Lipinski definition) is 5. The van der Waals surface area contributed by atoms with E-state index in [0.717, 1.165) is 64.0 Å². The highest BCUT2D eigenvalue weighted by Gasteiger charge is 2.30. The van der Waals surface area contributed by atoms with Crippen molar-refractivity contribution in [2.45, 2.75) is 51.6 Å². The number of ether oxygens (including phenoxy) is 2. The van der Waals surface area contributed by atoms with Gasteiger partial charge in [-0.1, -0.05) is 67.3 Å². The van der Waals surface area contributed by atoms with Crippen molar-refractivity contribution in [1.82, 2.24) is 4.90 Å². The summed E-state index contributed by atoms with van der Waals surface area (Å²) >= 11 is 8.26. The molecule has 0 bridgehead atoms. The van der Waals surface area contributed by atoms with E-state index in [1.54, 1.807) is 7.11 Å². The number of fused-ring (bicyclic) bond motifs is 1. The van der Waals surface area contributed by atoms with Gasteiger partial charge in [0.25, 0.3) is 5.91 Å². The molecular weight excluding hydrogens is 552 g/mol. The van der Waals surface area contributed by atoms with Crippen LogP contribution in [0.4, 0.5) is 0 Å². The number of amides is 1. The van der Waals surface area contributed by atoms with Crippen LogP contribution in [0.3, 0.4) is 0 Å². The smallest absolute Gasteiger partial charge is 0.266 e. The Labute approximate surface area is 253 Å². The molecule has 4 aromatic rings. The Balaban J connectivity index is 0.00000111. The lowest BCUT2D eigenvalue weighted by Crippen LogP contribution is -2.40. The molecule has 1 aliphatic carbocycles. The highest BCUT2D eigenvalue weighted by atomic mass is 35.5. The van der Waals surface area contributed by atoms with Crippen molar-refractivity contribution < 1.29 is 14.3 Å². The van der Waals surface area contributed by atoms with E-state index < -0.39 is 0 Å². The van der Waals surface area contributed by atoms with E-state index in [4.69, 9.17) is 21.1 Å². The fourth-order valence-electron chi connectivity index (χ4n) is 5.19. The monoisotopic (exact) mass is 590 g/mol. The molecule has 1 heterocycles.